The molecule has 7 atom stereocenters. The molecule has 0 aromatic heterocycles. The first-order valence-electron chi connectivity index (χ1n) is 12.2. The van der Waals surface area contributed by atoms with Crippen LogP contribution < -0.4 is 80.4 Å². The summed E-state index contributed by atoms with van der Waals surface area (Å²) in [5, 5.41) is 23.7. The van der Waals surface area contributed by atoms with Gasteiger partial charge in [-0.2, -0.15) is 0 Å². The van der Waals surface area contributed by atoms with E-state index in [0.29, 0.717) is 5.56 Å². The number of nitrogens with zero attached hydrogens (tertiary/aromatic N) is 1. The molecule has 1 aromatic rings. The number of carbonyl (C=O) groups excluding carboxylic acids is 5. The Morgan fingerprint density at radius 1 is 1.05 bits per heavy atom. The van der Waals surface area contributed by atoms with E-state index in [1.165, 1.54) is 30.5 Å². The summed E-state index contributed by atoms with van der Waals surface area (Å²) in [6.45, 7) is 6.21. The number of rotatable bonds is 5. The predicted octanol–water partition coefficient (Wildman–Crippen LogP) is -8.49. The summed E-state index contributed by atoms with van der Waals surface area (Å²) < 4.78 is 21.7. The third kappa shape index (κ3) is 5.93. The van der Waals surface area contributed by atoms with Gasteiger partial charge in [0.05, 0.1) is 22.0 Å². The first kappa shape index (κ1) is 36.2. The van der Waals surface area contributed by atoms with E-state index in [4.69, 9.17) is 5.73 Å². The molecule has 12 nitrogen and oxygen atoms in total. The zero-order chi connectivity index (χ0) is 29.2. The normalized spacial score (nSPS) is 31.7. The second kappa shape index (κ2) is 12.6. The maximum Gasteiger partial charge on any atom is 1.00 e. The van der Waals surface area contributed by atoms with Crippen molar-refractivity contribution in [2.45, 2.75) is 72.4 Å². The number of amides is 2. The number of carboxylic acid groups (broad SMARTS) is 2. The van der Waals surface area contributed by atoms with E-state index in [1.54, 1.807) is 38.1 Å². The number of fused-ring (bicyclic) bond motifs is 2. The number of hydrogen-bond acceptors (Lipinski definition) is 11. The molecule has 16 heteroatoms. The summed E-state index contributed by atoms with van der Waals surface area (Å²) in [6.07, 6.45) is -0.0415. The SMILES string of the molecule is CC1(C)C(C(=O)[O-])C2C(=O)CC2S1(=O)=O.CC1(C)SC2C(NC(=O)C(N)c3ccccc3)C(=O)N2C1C(=O)[O-].[Na+].[Na+]. The van der Waals surface area contributed by atoms with Crippen LogP contribution in [0.15, 0.2) is 30.3 Å². The number of benzene rings is 1. The van der Waals surface area contributed by atoms with Gasteiger partial charge in [-0.3, -0.25) is 14.4 Å². The summed E-state index contributed by atoms with van der Waals surface area (Å²) in [5.74, 6) is -5.96. The average Bonchev–Trinajstić information content (AvgIpc) is 3.18. The number of carboxylic acids is 2. The van der Waals surface area contributed by atoms with Gasteiger partial charge in [0.25, 0.3) is 0 Å². The molecule has 5 rings (SSSR count). The second-order valence-corrected chi connectivity index (χ2v) is 15.7. The molecule has 1 aromatic carbocycles. The van der Waals surface area contributed by atoms with E-state index in [2.05, 4.69) is 5.32 Å². The van der Waals surface area contributed by atoms with Crippen molar-refractivity contribution in [1.29, 1.82) is 0 Å². The molecule has 0 radical (unpaired) electrons. The summed E-state index contributed by atoms with van der Waals surface area (Å²) in [5.41, 5.74) is 6.57. The Kier molecular flexibility index (Phi) is 11.1. The molecule has 3 aliphatic heterocycles. The average molecular weight is 626 g/mol. The number of carbonyl (C=O) groups is 5. The Morgan fingerprint density at radius 2 is 1.61 bits per heavy atom. The van der Waals surface area contributed by atoms with Crippen LogP contribution in [0.4, 0.5) is 0 Å². The number of thioether (sulfide) groups is 1. The Bertz CT molecular complexity index is 1360. The standard InChI is InChI=1S/C16H19N3O4S.C9H12O5S.2Na/c1-16(2)11(15(22)23)19-13(21)10(14(19)24-16)18-12(20)9(17)8-6-4-3-5-7-8;1-9(2)7(8(11)12)6-4(10)3-5(6)15(9,13)14;;/h3-7,9-11,14H,17H2,1-2H3,(H,18,20)(H,22,23);5-7H,3H2,1-2H3,(H,11,12);;/q;;2*+1/p-2. The third-order valence-electron chi connectivity index (χ3n) is 8.07. The molecule has 212 valence electrons. The van der Waals surface area contributed by atoms with Crippen LogP contribution in [0, 0.1) is 11.8 Å². The third-order valence-corrected chi connectivity index (χ3v) is 12.6. The number of aliphatic carboxylic acids is 2. The van der Waals surface area contributed by atoms with E-state index in [1.807, 2.05) is 6.07 Å². The van der Waals surface area contributed by atoms with Crippen LogP contribution in [0.2, 0.25) is 0 Å². The van der Waals surface area contributed by atoms with Crippen molar-refractivity contribution >= 4 is 51.1 Å². The molecule has 1 aliphatic carbocycles. The maximum atomic E-state index is 12.3. The molecule has 4 fully saturated rings. The van der Waals surface area contributed by atoms with Gasteiger partial charge in [0.15, 0.2) is 9.84 Å². The molecule has 3 heterocycles. The minimum absolute atomic E-state index is 0. The van der Waals surface area contributed by atoms with Gasteiger partial charge in [-0.25, -0.2) is 8.42 Å². The van der Waals surface area contributed by atoms with Crippen molar-refractivity contribution in [3.8, 4) is 0 Å². The van der Waals surface area contributed by atoms with Gasteiger partial charge in [-0.15, -0.1) is 11.8 Å². The number of hydrogen-bond donors (Lipinski definition) is 2. The molecule has 1 saturated carbocycles. The van der Waals surface area contributed by atoms with Crippen molar-refractivity contribution in [3.05, 3.63) is 35.9 Å². The maximum absolute atomic E-state index is 12.3. The van der Waals surface area contributed by atoms with Gasteiger partial charge >= 0.3 is 59.1 Å². The van der Waals surface area contributed by atoms with E-state index in [-0.39, 0.29) is 71.3 Å². The quantitative estimate of drug-likeness (QED) is 0.232. The van der Waals surface area contributed by atoms with Gasteiger partial charge in [0, 0.05) is 29.0 Å². The van der Waals surface area contributed by atoms with Gasteiger partial charge in [0.1, 0.15) is 23.2 Å². The van der Waals surface area contributed by atoms with Gasteiger partial charge in [-0.05, 0) is 33.3 Å². The second-order valence-electron chi connectivity index (χ2n) is 11.1. The molecule has 41 heavy (non-hydrogen) atoms. The summed E-state index contributed by atoms with van der Waals surface area (Å²) in [4.78, 5) is 59.4. The number of nitrogens with one attached hydrogen (secondary N) is 1. The fraction of sp³-hybridized carbons (Fsp3) is 0.560. The van der Waals surface area contributed by atoms with Crippen molar-refractivity contribution in [1.82, 2.24) is 10.2 Å². The van der Waals surface area contributed by atoms with Crippen LogP contribution in [-0.4, -0.2) is 75.1 Å². The van der Waals surface area contributed by atoms with E-state index >= 15 is 0 Å². The van der Waals surface area contributed by atoms with Gasteiger partial charge in [-0.1, -0.05) is 30.3 Å². The van der Waals surface area contributed by atoms with Crippen LogP contribution in [0.5, 0.6) is 0 Å². The predicted molar refractivity (Wildman–Crippen MR) is 135 cm³/mol. The van der Waals surface area contributed by atoms with E-state index < -0.39 is 83.7 Å². The summed E-state index contributed by atoms with van der Waals surface area (Å²) in [6, 6.07) is 6.19. The van der Waals surface area contributed by atoms with Gasteiger partial charge in [0.2, 0.25) is 11.8 Å². The topological polar surface area (TPSA) is 207 Å². The first-order chi connectivity index (χ1) is 17.9. The van der Waals surface area contributed by atoms with Crippen LogP contribution in [0.1, 0.15) is 45.7 Å². The van der Waals surface area contributed by atoms with Crippen LogP contribution >= 0.6 is 11.8 Å². The van der Waals surface area contributed by atoms with Crippen LogP contribution in [0.3, 0.4) is 0 Å². The van der Waals surface area contributed by atoms with Gasteiger partial charge < -0.3 is 35.8 Å². The number of β-lactam (4-membered cyclic amide) rings is 1. The van der Waals surface area contributed by atoms with E-state index in [9.17, 15) is 42.6 Å². The van der Waals surface area contributed by atoms with Crippen LogP contribution in [0.25, 0.3) is 0 Å². The Hall–Kier alpha value is -0.970. The largest absolute Gasteiger partial charge is 1.00 e. The summed E-state index contributed by atoms with van der Waals surface area (Å²) >= 11 is 1.34. The van der Waals surface area contributed by atoms with Crippen LogP contribution in [-0.2, 0) is 33.8 Å². The Balaban J connectivity index is 0.000000300. The number of sulfone groups is 1. The molecule has 3 N–H and O–H groups in total. The monoisotopic (exact) mass is 625 g/mol. The zero-order valence-electron chi connectivity index (χ0n) is 23.7. The molecule has 2 amide bonds. The minimum atomic E-state index is -3.53. The molecule has 4 aliphatic rings. The van der Waals surface area contributed by atoms with E-state index in [0.717, 1.165) is 0 Å². The van der Waals surface area contributed by atoms with Crippen molar-refractivity contribution in [2.24, 2.45) is 17.6 Å². The Morgan fingerprint density at radius 3 is 2.07 bits per heavy atom. The Labute approximate surface area is 286 Å². The van der Waals surface area contributed by atoms with Crippen molar-refractivity contribution in [2.75, 3.05) is 0 Å². The molecule has 0 spiro atoms. The fourth-order valence-electron chi connectivity index (χ4n) is 5.82. The zero-order valence-corrected chi connectivity index (χ0v) is 29.3. The number of ketones is 1. The molecular weight excluding hydrogens is 596 g/mol. The summed E-state index contributed by atoms with van der Waals surface area (Å²) in [7, 11) is -3.53. The molecule has 7 unspecified atom stereocenters. The molecular formula is C25H29N3Na2O9S2. The number of nitrogens with two attached hydrogens (primary N) is 1. The molecule has 3 saturated heterocycles. The fourth-order valence-corrected chi connectivity index (χ4v) is 9.90. The number of Topliss-reactive ketones (excluding diaryl/α,β-unsaturated/α-hetero) is 1. The smallest absolute Gasteiger partial charge is 0.550 e. The molecule has 0 bridgehead atoms. The van der Waals surface area contributed by atoms with Crippen molar-refractivity contribution < 1.29 is 102 Å². The first-order valence-corrected chi connectivity index (χ1v) is 14.7. The van der Waals surface area contributed by atoms with Crippen molar-refractivity contribution in [3.63, 3.8) is 0 Å². The minimum Gasteiger partial charge on any atom is -0.550 e.